The minimum atomic E-state index is -4.51. The van der Waals surface area contributed by atoms with Crippen LogP contribution in [0.5, 0.6) is 0 Å². The third kappa shape index (κ3) is 5.00. The minimum absolute atomic E-state index is 0.0305. The largest absolute Gasteiger partial charge is 0.418 e. The monoisotopic (exact) mass is 432 g/mol. The van der Waals surface area contributed by atoms with E-state index in [4.69, 9.17) is 4.74 Å². The van der Waals surface area contributed by atoms with Crippen LogP contribution in [0.15, 0.2) is 48.7 Å². The van der Waals surface area contributed by atoms with Gasteiger partial charge in [0.2, 0.25) is 0 Å². The lowest BCUT2D eigenvalue weighted by Gasteiger charge is -2.27. The number of ether oxygens (including phenoxy) is 1. The molecule has 2 aromatic carbocycles. The van der Waals surface area contributed by atoms with Gasteiger partial charge in [0.15, 0.2) is 0 Å². The van der Waals surface area contributed by atoms with Crippen LogP contribution in [0.4, 0.5) is 30.2 Å². The van der Waals surface area contributed by atoms with Crippen LogP contribution in [0, 0.1) is 0 Å². The van der Waals surface area contributed by atoms with Crippen LogP contribution in [0.1, 0.15) is 11.1 Å². The molecule has 31 heavy (non-hydrogen) atoms. The second-order valence-corrected chi connectivity index (χ2v) is 7.34. The Labute approximate surface area is 178 Å². The molecule has 0 aliphatic carbocycles. The molecule has 2 aliphatic heterocycles. The number of carbonyl (C=O) groups excluding carboxylic acids is 1. The molecule has 9 heteroatoms. The highest BCUT2D eigenvalue weighted by atomic mass is 19.4. The Morgan fingerprint density at radius 1 is 1.13 bits per heavy atom. The Morgan fingerprint density at radius 3 is 2.68 bits per heavy atom. The van der Waals surface area contributed by atoms with Crippen LogP contribution in [0.25, 0.3) is 5.57 Å². The van der Waals surface area contributed by atoms with Gasteiger partial charge in [-0.25, -0.2) is 0 Å². The van der Waals surface area contributed by atoms with Gasteiger partial charge in [0, 0.05) is 55.0 Å². The number of halogens is 3. The van der Waals surface area contributed by atoms with Gasteiger partial charge in [-0.15, -0.1) is 0 Å². The van der Waals surface area contributed by atoms with E-state index in [0.29, 0.717) is 43.1 Å². The molecular weight excluding hydrogens is 409 g/mol. The average molecular weight is 432 g/mol. The van der Waals surface area contributed by atoms with Crippen molar-refractivity contribution in [2.75, 3.05) is 55.3 Å². The van der Waals surface area contributed by atoms with Crippen molar-refractivity contribution in [3.8, 4) is 0 Å². The van der Waals surface area contributed by atoms with E-state index in [2.05, 4.69) is 20.9 Å². The van der Waals surface area contributed by atoms with E-state index in [1.54, 1.807) is 30.3 Å². The molecule has 164 valence electrons. The van der Waals surface area contributed by atoms with Gasteiger partial charge in [-0.3, -0.25) is 9.69 Å². The third-order valence-electron chi connectivity index (χ3n) is 5.27. The summed E-state index contributed by atoms with van der Waals surface area (Å²) in [6.45, 7) is 3.89. The molecule has 0 bridgehead atoms. The fraction of sp³-hybridized carbons (Fsp3) is 0.318. The molecule has 1 amide bonds. The number of nitrogens with one attached hydrogen (secondary N) is 3. The molecule has 3 N–H and O–H groups in total. The first-order valence-corrected chi connectivity index (χ1v) is 10.0. The topological polar surface area (TPSA) is 65.6 Å². The first-order valence-electron chi connectivity index (χ1n) is 10.0. The Morgan fingerprint density at radius 2 is 1.90 bits per heavy atom. The second-order valence-electron chi connectivity index (χ2n) is 7.34. The van der Waals surface area contributed by atoms with Crippen molar-refractivity contribution in [3.63, 3.8) is 0 Å². The lowest BCUT2D eigenvalue weighted by atomic mass is 10.1. The molecule has 0 radical (unpaired) electrons. The fourth-order valence-electron chi connectivity index (χ4n) is 3.63. The summed E-state index contributed by atoms with van der Waals surface area (Å²) in [5, 5.41) is 8.46. The number of alkyl halides is 3. The van der Waals surface area contributed by atoms with Crippen LogP contribution in [-0.2, 0) is 15.7 Å². The molecule has 0 saturated carbocycles. The average Bonchev–Trinajstić information content (AvgIpc) is 3.08. The van der Waals surface area contributed by atoms with Crippen molar-refractivity contribution in [2.45, 2.75) is 6.18 Å². The second kappa shape index (κ2) is 8.99. The van der Waals surface area contributed by atoms with Gasteiger partial charge in [0.1, 0.15) is 0 Å². The van der Waals surface area contributed by atoms with E-state index < -0.39 is 11.7 Å². The Hall–Kier alpha value is -3.04. The van der Waals surface area contributed by atoms with Crippen molar-refractivity contribution < 1.29 is 22.7 Å². The van der Waals surface area contributed by atoms with Crippen molar-refractivity contribution in [1.29, 1.82) is 0 Å². The maximum absolute atomic E-state index is 13.6. The van der Waals surface area contributed by atoms with Crippen molar-refractivity contribution in [1.82, 2.24) is 4.90 Å². The van der Waals surface area contributed by atoms with Gasteiger partial charge in [-0.05, 0) is 24.3 Å². The van der Waals surface area contributed by atoms with Gasteiger partial charge >= 0.3 is 6.18 Å². The third-order valence-corrected chi connectivity index (χ3v) is 5.27. The van der Waals surface area contributed by atoms with Crippen LogP contribution in [0.2, 0.25) is 0 Å². The first-order chi connectivity index (χ1) is 14.9. The number of hydrogen-bond donors (Lipinski definition) is 3. The van der Waals surface area contributed by atoms with Gasteiger partial charge in [0.05, 0.1) is 24.4 Å². The van der Waals surface area contributed by atoms with Gasteiger partial charge in [-0.2, -0.15) is 13.2 Å². The van der Waals surface area contributed by atoms with Crippen LogP contribution >= 0.6 is 0 Å². The number of rotatable bonds is 6. The standard InChI is InChI=1S/C22H23F3N4O2/c23-22(24,25)18-13-15(5-6-20(18)26-7-8-29-9-11-31-12-10-29)27-14-17-16-3-1-2-4-19(16)28-21(17)30/h1-6,13-14,26-27H,7-12H2,(H,28,30)/b17-14+. The molecule has 1 saturated heterocycles. The number of nitrogens with zero attached hydrogens (tertiary/aromatic N) is 1. The smallest absolute Gasteiger partial charge is 0.383 e. The number of fused-ring (bicyclic) bond motifs is 1. The zero-order chi connectivity index (χ0) is 21.8. The number of amides is 1. The number of benzene rings is 2. The number of para-hydroxylation sites is 1. The summed E-state index contributed by atoms with van der Waals surface area (Å²) in [6, 6.07) is 11.2. The van der Waals surface area contributed by atoms with E-state index >= 15 is 0 Å². The summed E-state index contributed by atoms with van der Waals surface area (Å²) in [5.74, 6) is -0.300. The zero-order valence-electron chi connectivity index (χ0n) is 16.8. The molecule has 1 fully saturated rings. The molecule has 0 spiro atoms. The molecule has 0 unspecified atom stereocenters. The van der Waals surface area contributed by atoms with Crippen LogP contribution < -0.4 is 16.0 Å². The Balaban J connectivity index is 1.47. The molecule has 4 rings (SSSR count). The SMILES string of the molecule is O=C1Nc2ccccc2/C1=C\Nc1ccc(NCCN2CCOCC2)c(C(F)(F)F)c1. The number of hydrogen-bond acceptors (Lipinski definition) is 5. The highest BCUT2D eigenvalue weighted by Gasteiger charge is 2.34. The maximum Gasteiger partial charge on any atom is 0.418 e. The molecule has 2 heterocycles. The number of anilines is 3. The van der Waals surface area contributed by atoms with Gasteiger partial charge in [-0.1, -0.05) is 18.2 Å². The van der Waals surface area contributed by atoms with Crippen LogP contribution in [0.3, 0.4) is 0 Å². The van der Waals surface area contributed by atoms with Crippen LogP contribution in [-0.4, -0.2) is 50.2 Å². The normalized spacial score (nSPS) is 18.0. The fourth-order valence-corrected chi connectivity index (χ4v) is 3.63. The predicted molar refractivity (Wildman–Crippen MR) is 114 cm³/mol. The summed E-state index contributed by atoms with van der Waals surface area (Å²) >= 11 is 0. The van der Waals surface area contributed by atoms with Crippen molar-refractivity contribution in [3.05, 3.63) is 59.8 Å². The van der Waals surface area contributed by atoms with Crippen molar-refractivity contribution in [2.24, 2.45) is 0 Å². The Bertz CT molecular complexity index is 985. The van der Waals surface area contributed by atoms with E-state index in [1.165, 1.54) is 12.3 Å². The highest BCUT2D eigenvalue weighted by molar-refractivity contribution is 6.31. The number of carbonyl (C=O) groups is 1. The summed E-state index contributed by atoms with van der Waals surface area (Å²) in [5.41, 5.74) is 1.28. The predicted octanol–water partition coefficient (Wildman–Crippen LogP) is 3.85. The van der Waals surface area contributed by atoms with E-state index in [1.807, 2.05) is 0 Å². The van der Waals surface area contributed by atoms with Gasteiger partial charge < -0.3 is 20.7 Å². The first kappa shape index (κ1) is 21.2. The molecule has 0 aromatic heterocycles. The summed E-state index contributed by atoms with van der Waals surface area (Å²) < 4.78 is 46.2. The quantitative estimate of drug-likeness (QED) is 0.605. The molecular formula is C22H23F3N4O2. The van der Waals surface area contributed by atoms with Gasteiger partial charge in [0.25, 0.3) is 5.91 Å². The maximum atomic E-state index is 13.6. The van der Waals surface area contributed by atoms with E-state index in [9.17, 15) is 18.0 Å². The number of morpholine rings is 1. The lowest BCUT2D eigenvalue weighted by molar-refractivity contribution is -0.136. The summed E-state index contributed by atoms with van der Waals surface area (Å²) in [4.78, 5) is 14.3. The lowest BCUT2D eigenvalue weighted by Crippen LogP contribution is -2.39. The molecule has 6 nitrogen and oxygen atoms in total. The highest BCUT2D eigenvalue weighted by Crippen LogP contribution is 2.37. The van der Waals surface area contributed by atoms with E-state index in [-0.39, 0.29) is 17.3 Å². The van der Waals surface area contributed by atoms with E-state index in [0.717, 1.165) is 19.2 Å². The molecule has 0 atom stereocenters. The molecule has 2 aliphatic rings. The molecule has 2 aromatic rings. The summed E-state index contributed by atoms with van der Waals surface area (Å²) in [6.07, 6.45) is -3.08. The van der Waals surface area contributed by atoms with Crippen molar-refractivity contribution >= 4 is 28.5 Å². The Kier molecular flexibility index (Phi) is 6.15. The minimum Gasteiger partial charge on any atom is -0.383 e. The zero-order valence-corrected chi connectivity index (χ0v) is 16.8. The summed E-state index contributed by atoms with van der Waals surface area (Å²) in [7, 11) is 0.